The molecule has 0 spiro atoms. The van der Waals surface area contributed by atoms with Gasteiger partial charge >= 0.3 is 0 Å². The molecule has 1 N–H and O–H groups in total. The number of anilines is 1. The lowest BCUT2D eigenvalue weighted by Crippen LogP contribution is -2.43. The summed E-state index contributed by atoms with van der Waals surface area (Å²) in [5.41, 5.74) is 0.684. The predicted molar refractivity (Wildman–Crippen MR) is 106 cm³/mol. The van der Waals surface area contributed by atoms with Crippen LogP contribution in [0.5, 0.6) is 0 Å². The van der Waals surface area contributed by atoms with Crippen LogP contribution in [0.15, 0.2) is 36.4 Å². The number of likely N-dealkylation sites (tertiary alicyclic amines) is 1. The van der Waals surface area contributed by atoms with Crippen molar-refractivity contribution in [3.63, 3.8) is 0 Å². The SMILES string of the molecule is O=C(Nc1cccc(Cl)c1Cl)C1CCCN1C(=O)c1cc(Cl)ccc1Cl. The number of rotatable bonds is 3. The zero-order valence-electron chi connectivity index (χ0n) is 13.4. The van der Waals surface area contributed by atoms with Crippen LogP contribution in [0.4, 0.5) is 5.69 Å². The monoisotopic (exact) mass is 430 g/mol. The van der Waals surface area contributed by atoms with Crippen molar-refractivity contribution in [3.05, 3.63) is 62.1 Å². The highest BCUT2D eigenvalue weighted by Gasteiger charge is 2.35. The highest BCUT2D eigenvalue weighted by molar-refractivity contribution is 6.44. The molecule has 0 radical (unpaired) electrons. The van der Waals surface area contributed by atoms with Gasteiger partial charge in [-0.1, -0.05) is 52.5 Å². The minimum atomic E-state index is -0.618. The maximum Gasteiger partial charge on any atom is 0.256 e. The largest absolute Gasteiger partial charge is 0.327 e. The molecule has 26 heavy (non-hydrogen) atoms. The van der Waals surface area contributed by atoms with Crippen molar-refractivity contribution in [2.75, 3.05) is 11.9 Å². The van der Waals surface area contributed by atoms with Gasteiger partial charge in [0.25, 0.3) is 5.91 Å². The summed E-state index contributed by atoms with van der Waals surface area (Å²) < 4.78 is 0. The van der Waals surface area contributed by atoms with E-state index in [-0.39, 0.29) is 22.4 Å². The molecule has 2 aromatic rings. The molecule has 8 heteroatoms. The van der Waals surface area contributed by atoms with Crippen LogP contribution in [0, 0.1) is 0 Å². The van der Waals surface area contributed by atoms with Crippen LogP contribution in [-0.4, -0.2) is 29.3 Å². The number of nitrogens with zero attached hydrogens (tertiary/aromatic N) is 1. The number of carbonyl (C=O) groups is 2. The van der Waals surface area contributed by atoms with Crippen LogP contribution in [0.3, 0.4) is 0 Å². The Labute approximate surface area is 171 Å². The number of hydrogen-bond donors (Lipinski definition) is 1. The molecular formula is C18H14Cl4N2O2. The number of carbonyl (C=O) groups excluding carboxylic acids is 2. The molecule has 0 bridgehead atoms. The normalized spacial score (nSPS) is 16.6. The summed E-state index contributed by atoms with van der Waals surface area (Å²) in [6.07, 6.45) is 1.26. The van der Waals surface area contributed by atoms with Crippen molar-refractivity contribution in [1.29, 1.82) is 0 Å². The molecule has 1 heterocycles. The van der Waals surface area contributed by atoms with E-state index in [4.69, 9.17) is 46.4 Å². The van der Waals surface area contributed by atoms with E-state index in [0.717, 1.165) is 0 Å². The molecule has 1 aliphatic rings. The molecule has 1 saturated heterocycles. The third-order valence-corrected chi connectivity index (χ3v) is 5.57. The molecule has 4 nitrogen and oxygen atoms in total. The van der Waals surface area contributed by atoms with Crippen LogP contribution in [-0.2, 0) is 4.79 Å². The first-order valence-corrected chi connectivity index (χ1v) is 9.40. The number of nitrogens with one attached hydrogen (secondary N) is 1. The van der Waals surface area contributed by atoms with Crippen molar-refractivity contribution >= 4 is 63.9 Å². The van der Waals surface area contributed by atoms with Gasteiger partial charge in [0, 0.05) is 11.6 Å². The average Bonchev–Trinajstić information content (AvgIpc) is 3.10. The summed E-state index contributed by atoms with van der Waals surface area (Å²) in [5, 5.41) is 4.05. The van der Waals surface area contributed by atoms with Crippen molar-refractivity contribution in [2.24, 2.45) is 0 Å². The maximum atomic E-state index is 12.9. The number of hydrogen-bond acceptors (Lipinski definition) is 2. The topological polar surface area (TPSA) is 49.4 Å². The third kappa shape index (κ3) is 3.94. The van der Waals surface area contributed by atoms with E-state index in [1.54, 1.807) is 30.3 Å². The Hall–Kier alpha value is -1.46. The highest BCUT2D eigenvalue weighted by atomic mass is 35.5. The lowest BCUT2D eigenvalue weighted by Gasteiger charge is -2.24. The van der Waals surface area contributed by atoms with Crippen LogP contribution in [0.2, 0.25) is 20.1 Å². The van der Waals surface area contributed by atoms with E-state index in [2.05, 4.69) is 5.32 Å². The first kappa shape index (κ1) is 19.3. The summed E-state index contributed by atoms with van der Waals surface area (Å²) in [4.78, 5) is 27.1. The molecular weight excluding hydrogens is 418 g/mol. The first-order valence-electron chi connectivity index (χ1n) is 7.89. The van der Waals surface area contributed by atoms with E-state index in [1.165, 1.54) is 11.0 Å². The third-order valence-electron chi connectivity index (χ3n) is 4.18. The van der Waals surface area contributed by atoms with Crippen LogP contribution < -0.4 is 5.32 Å². The molecule has 2 amide bonds. The second kappa shape index (κ2) is 8.05. The summed E-state index contributed by atoms with van der Waals surface area (Å²) in [5.74, 6) is -0.648. The molecule has 0 aromatic heterocycles. The number of amides is 2. The Morgan fingerprint density at radius 2 is 1.81 bits per heavy atom. The quantitative estimate of drug-likeness (QED) is 0.693. The Kier molecular flexibility index (Phi) is 5.98. The Bertz CT molecular complexity index is 872. The fourth-order valence-electron chi connectivity index (χ4n) is 2.91. The smallest absolute Gasteiger partial charge is 0.256 e. The Morgan fingerprint density at radius 3 is 2.58 bits per heavy atom. The molecule has 0 saturated carbocycles. The van der Waals surface area contributed by atoms with Gasteiger partial charge in [-0.3, -0.25) is 9.59 Å². The van der Waals surface area contributed by atoms with Gasteiger partial charge in [0.15, 0.2) is 0 Å². The van der Waals surface area contributed by atoms with Gasteiger partial charge in [-0.05, 0) is 43.2 Å². The summed E-state index contributed by atoms with van der Waals surface area (Å²) >= 11 is 24.2. The van der Waals surface area contributed by atoms with Gasteiger partial charge in [-0.15, -0.1) is 0 Å². The van der Waals surface area contributed by atoms with E-state index < -0.39 is 6.04 Å². The molecule has 1 unspecified atom stereocenters. The standard InChI is InChI=1S/C18H14Cl4N2O2/c19-10-6-7-12(20)11(9-10)18(26)24-8-2-5-15(24)17(25)23-14-4-1-3-13(21)16(14)22/h1,3-4,6-7,9,15H,2,5,8H2,(H,23,25). The lowest BCUT2D eigenvalue weighted by atomic mass is 10.1. The van der Waals surface area contributed by atoms with Crippen LogP contribution in [0.25, 0.3) is 0 Å². The fourth-order valence-corrected chi connectivity index (χ4v) is 3.63. The van der Waals surface area contributed by atoms with Crippen LogP contribution in [0.1, 0.15) is 23.2 Å². The molecule has 136 valence electrons. The average molecular weight is 432 g/mol. The second-order valence-electron chi connectivity index (χ2n) is 5.87. The molecule has 1 aliphatic heterocycles. The van der Waals surface area contributed by atoms with Gasteiger partial charge in [-0.25, -0.2) is 0 Å². The molecule has 0 aliphatic carbocycles. The van der Waals surface area contributed by atoms with Gasteiger partial charge in [0.05, 0.1) is 26.3 Å². The van der Waals surface area contributed by atoms with E-state index in [0.29, 0.717) is 40.1 Å². The Morgan fingerprint density at radius 1 is 1.04 bits per heavy atom. The summed E-state index contributed by atoms with van der Waals surface area (Å²) in [7, 11) is 0. The molecule has 1 fully saturated rings. The minimum absolute atomic E-state index is 0.260. The molecule has 3 rings (SSSR count). The Balaban J connectivity index is 1.81. The van der Waals surface area contributed by atoms with Crippen molar-refractivity contribution < 1.29 is 9.59 Å². The van der Waals surface area contributed by atoms with Gasteiger partial charge in [-0.2, -0.15) is 0 Å². The van der Waals surface area contributed by atoms with Gasteiger partial charge in [0.2, 0.25) is 5.91 Å². The predicted octanol–water partition coefficient (Wildman–Crippen LogP) is 5.54. The lowest BCUT2D eigenvalue weighted by molar-refractivity contribution is -0.119. The van der Waals surface area contributed by atoms with Gasteiger partial charge in [0.1, 0.15) is 6.04 Å². The van der Waals surface area contributed by atoms with Crippen molar-refractivity contribution in [1.82, 2.24) is 4.90 Å². The van der Waals surface area contributed by atoms with E-state index >= 15 is 0 Å². The van der Waals surface area contributed by atoms with E-state index in [9.17, 15) is 9.59 Å². The minimum Gasteiger partial charge on any atom is -0.327 e. The second-order valence-corrected chi connectivity index (χ2v) is 7.50. The number of halogens is 4. The van der Waals surface area contributed by atoms with E-state index in [1.807, 2.05) is 0 Å². The zero-order chi connectivity index (χ0) is 18.8. The maximum absolute atomic E-state index is 12.9. The summed E-state index contributed by atoms with van der Waals surface area (Å²) in [6, 6.07) is 9.03. The van der Waals surface area contributed by atoms with Crippen molar-refractivity contribution in [3.8, 4) is 0 Å². The fraction of sp³-hybridized carbons (Fsp3) is 0.222. The van der Waals surface area contributed by atoms with Crippen molar-refractivity contribution in [2.45, 2.75) is 18.9 Å². The molecule has 2 aromatic carbocycles. The zero-order valence-corrected chi connectivity index (χ0v) is 16.5. The van der Waals surface area contributed by atoms with Gasteiger partial charge < -0.3 is 10.2 Å². The molecule has 1 atom stereocenters. The first-order chi connectivity index (χ1) is 12.4. The van der Waals surface area contributed by atoms with Crippen LogP contribution >= 0.6 is 46.4 Å². The highest BCUT2D eigenvalue weighted by Crippen LogP contribution is 2.31. The summed E-state index contributed by atoms with van der Waals surface area (Å²) in [6.45, 7) is 0.461. The number of benzene rings is 2.